The second-order valence-corrected chi connectivity index (χ2v) is 9.28. The maximum Gasteiger partial charge on any atom is 0.339 e. The minimum atomic E-state index is -0.606. The minimum Gasteiger partial charge on any atom is -0.462 e. The van der Waals surface area contributed by atoms with Gasteiger partial charge < -0.3 is 14.5 Å². The van der Waals surface area contributed by atoms with Gasteiger partial charge in [0, 0.05) is 22.3 Å². The highest BCUT2D eigenvalue weighted by Crippen LogP contribution is 2.34. The lowest BCUT2D eigenvalue weighted by Gasteiger charge is -2.12. The normalized spacial score (nSPS) is 14.4. The van der Waals surface area contributed by atoms with Crippen LogP contribution in [0.3, 0.4) is 0 Å². The molecule has 0 spiro atoms. The molecular formula is C25H18Cl2N2O6S. The Balaban J connectivity index is 1.46. The molecule has 8 nitrogen and oxygen atoms in total. The molecule has 2 aromatic carbocycles. The molecule has 11 heteroatoms. The van der Waals surface area contributed by atoms with E-state index in [2.05, 4.69) is 5.32 Å². The Morgan fingerprint density at radius 3 is 2.56 bits per heavy atom. The third-order valence-electron chi connectivity index (χ3n) is 4.95. The largest absolute Gasteiger partial charge is 0.462 e. The maximum absolute atomic E-state index is 12.8. The zero-order chi connectivity index (χ0) is 25.8. The summed E-state index contributed by atoms with van der Waals surface area (Å²) < 4.78 is 10.8. The number of imide groups is 1. The molecule has 3 amide bonds. The lowest BCUT2D eigenvalue weighted by molar-refractivity contribution is -0.127. The molecule has 1 saturated heterocycles. The maximum atomic E-state index is 12.8. The van der Waals surface area contributed by atoms with Crippen molar-refractivity contribution in [2.24, 2.45) is 0 Å². The van der Waals surface area contributed by atoms with Crippen LogP contribution in [0.1, 0.15) is 23.0 Å². The summed E-state index contributed by atoms with van der Waals surface area (Å²) in [5.74, 6) is -0.949. The number of benzene rings is 2. The number of thioether (sulfide) groups is 1. The molecule has 0 aliphatic carbocycles. The van der Waals surface area contributed by atoms with Crippen molar-refractivity contribution in [1.29, 1.82) is 0 Å². The number of amides is 3. The Morgan fingerprint density at radius 2 is 1.83 bits per heavy atom. The molecule has 1 aromatic heterocycles. The average molecular weight is 545 g/mol. The van der Waals surface area contributed by atoms with Crippen LogP contribution in [0.15, 0.2) is 63.9 Å². The molecular weight excluding hydrogens is 527 g/mol. The molecule has 1 fully saturated rings. The zero-order valence-electron chi connectivity index (χ0n) is 18.7. The molecule has 2 heterocycles. The summed E-state index contributed by atoms with van der Waals surface area (Å²) in [4.78, 5) is 50.6. The van der Waals surface area contributed by atoms with E-state index in [-0.39, 0.29) is 22.1 Å². The summed E-state index contributed by atoms with van der Waals surface area (Å²) in [6.07, 6.45) is 1.42. The highest BCUT2D eigenvalue weighted by atomic mass is 35.5. The molecule has 4 rings (SSSR count). The van der Waals surface area contributed by atoms with E-state index in [1.165, 1.54) is 6.08 Å². The number of hydrogen-bond acceptors (Lipinski definition) is 7. The number of ether oxygens (including phenoxy) is 1. The van der Waals surface area contributed by atoms with Crippen LogP contribution in [0, 0.1) is 0 Å². The summed E-state index contributed by atoms with van der Waals surface area (Å²) in [5, 5.41) is 2.81. The van der Waals surface area contributed by atoms with Crippen molar-refractivity contribution in [2.75, 3.05) is 18.5 Å². The zero-order valence-corrected chi connectivity index (χ0v) is 21.1. The Morgan fingerprint density at radius 1 is 1.08 bits per heavy atom. The van der Waals surface area contributed by atoms with Crippen molar-refractivity contribution in [2.45, 2.75) is 6.92 Å². The molecule has 1 aliphatic rings. The number of nitrogens with zero attached hydrogens (tertiary/aromatic N) is 1. The van der Waals surface area contributed by atoms with E-state index in [1.807, 2.05) is 0 Å². The van der Waals surface area contributed by atoms with Gasteiger partial charge in [-0.25, -0.2) is 4.79 Å². The molecule has 1 aliphatic heterocycles. The van der Waals surface area contributed by atoms with Gasteiger partial charge in [-0.3, -0.25) is 19.3 Å². The Hall–Kier alpha value is -3.53. The molecule has 0 radical (unpaired) electrons. The number of nitrogens with one attached hydrogen (secondary N) is 1. The van der Waals surface area contributed by atoms with E-state index in [1.54, 1.807) is 61.5 Å². The van der Waals surface area contributed by atoms with Crippen LogP contribution >= 0.6 is 35.0 Å². The van der Waals surface area contributed by atoms with E-state index in [0.717, 1.165) is 4.90 Å². The predicted molar refractivity (Wildman–Crippen MR) is 138 cm³/mol. The van der Waals surface area contributed by atoms with Gasteiger partial charge in [0.05, 0.1) is 22.1 Å². The van der Waals surface area contributed by atoms with Gasteiger partial charge in [-0.15, -0.1) is 0 Å². The third kappa shape index (κ3) is 5.81. The predicted octanol–water partition coefficient (Wildman–Crippen LogP) is 6.11. The van der Waals surface area contributed by atoms with E-state index < -0.39 is 29.6 Å². The SMILES string of the molecule is CCOC(=O)c1cc(-c2ccc(/C=C3/SC(=O)N(CC(=O)Nc4ccc(Cl)cc4)C3=O)o2)ccc1Cl. The molecule has 1 N–H and O–H groups in total. The summed E-state index contributed by atoms with van der Waals surface area (Å²) in [6, 6.07) is 14.5. The fourth-order valence-electron chi connectivity index (χ4n) is 3.27. The van der Waals surface area contributed by atoms with Gasteiger partial charge in [-0.1, -0.05) is 23.2 Å². The topological polar surface area (TPSA) is 106 Å². The van der Waals surface area contributed by atoms with Crippen LogP contribution in [-0.4, -0.2) is 41.1 Å². The van der Waals surface area contributed by atoms with E-state index in [0.29, 0.717) is 39.6 Å². The fraction of sp³-hybridized carbons (Fsp3) is 0.120. The highest BCUT2D eigenvalue weighted by molar-refractivity contribution is 8.18. The lowest BCUT2D eigenvalue weighted by atomic mass is 10.1. The van der Waals surface area contributed by atoms with Crippen LogP contribution in [0.25, 0.3) is 17.4 Å². The molecule has 0 bridgehead atoms. The van der Waals surface area contributed by atoms with Gasteiger partial charge in [-0.2, -0.15) is 0 Å². The summed E-state index contributed by atoms with van der Waals surface area (Å²) in [6.45, 7) is 1.47. The average Bonchev–Trinajstić information content (AvgIpc) is 3.41. The minimum absolute atomic E-state index is 0.114. The van der Waals surface area contributed by atoms with E-state index in [4.69, 9.17) is 32.4 Å². The van der Waals surface area contributed by atoms with Gasteiger partial charge >= 0.3 is 5.97 Å². The second kappa shape index (κ2) is 11.0. The number of carbonyl (C=O) groups is 4. The van der Waals surface area contributed by atoms with Gasteiger partial charge in [-0.05, 0) is 73.3 Å². The van der Waals surface area contributed by atoms with Crippen molar-refractivity contribution in [3.63, 3.8) is 0 Å². The summed E-state index contributed by atoms with van der Waals surface area (Å²) in [7, 11) is 0. The van der Waals surface area contributed by atoms with Crippen LogP contribution < -0.4 is 5.32 Å². The fourth-order valence-corrected chi connectivity index (χ4v) is 4.41. The molecule has 184 valence electrons. The smallest absolute Gasteiger partial charge is 0.339 e. The first kappa shape index (κ1) is 25.6. The molecule has 3 aromatic rings. The van der Waals surface area contributed by atoms with Crippen LogP contribution in [0.5, 0.6) is 0 Å². The number of anilines is 1. The van der Waals surface area contributed by atoms with Crippen molar-refractivity contribution in [1.82, 2.24) is 4.90 Å². The standard InChI is InChI=1S/C25H18Cl2N2O6S/c1-2-34-24(32)18-11-14(3-9-19(18)27)20-10-8-17(35-20)12-21-23(31)29(25(33)36-21)13-22(30)28-16-6-4-15(26)5-7-16/h3-12H,2,13H2,1H3,(H,28,30)/b21-12+. The number of furan rings is 1. The van der Waals surface area contributed by atoms with Crippen molar-refractivity contribution in [3.05, 3.63) is 80.9 Å². The first-order chi connectivity index (χ1) is 17.2. The second-order valence-electron chi connectivity index (χ2n) is 7.44. The number of esters is 1. The quantitative estimate of drug-likeness (QED) is 0.282. The number of halogens is 2. The highest BCUT2D eigenvalue weighted by Gasteiger charge is 2.36. The lowest BCUT2D eigenvalue weighted by Crippen LogP contribution is -2.36. The van der Waals surface area contributed by atoms with Gasteiger partial charge in [0.1, 0.15) is 18.1 Å². The first-order valence-corrected chi connectivity index (χ1v) is 12.2. The van der Waals surface area contributed by atoms with E-state index in [9.17, 15) is 19.2 Å². The first-order valence-electron chi connectivity index (χ1n) is 10.6. The third-order valence-corrected chi connectivity index (χ3v) is 6.44. The molecule has 0 saturated carbocycles. The number of carbonyl (C=O) groups excluding carboxylic acids is 4. The van der Waals surface area contributed by atoms with Crippen LogP contribution in [0.4, 0.5) is 10.5 Å². The van der Waals surface area contributed by atoms with Crippen molar-refractivity contribution >= 4 is 69.8 Å². The van der Waals surface area contributed by atoms with Crippen molar-refractivity contribution < 1.29 is 28.3 Å². The molecule has 36 heavy (non-hydrogen) atoms. The monoisotopic (exact) mass is 544 g/mol. The Labute approximate surface area is 220 Å². The summed E-state index contributed by atoms with van der Waals surface area (Å²) >= 11 is 12.6. The number of hydrogen-bond donors (Lipinski definition) is 1. The summed E-state index contributed by atoms with van der Waals surface area (Å²) in [5.41, 5.74) is 1.27. The molecule has 0 unspecified atom stereocenters. The van der Waals surface area contributed by atoms with E-state index >= 15 is 0 Å². The Bertz CT molecular complexity index is 1380. The Kier molecular flexibility index (Phi) is 7.83. The van der Waals surface area contributed by atoms with Gasteiger partial charge in [0.15, 0.2) is 0 Å². The van der Waals surface area contributed by atoms with Gasteiger partial charge in [0.25, 0.3) is 11.1 Å². The molecule has 0 atom stereocenters. The van der Waals surface area contributed by atoms with Crippen LogP contribution in [0.2, 0.25) is 10.0 Å². The van der Waals surface area contributed by atoms with Crippen molar-refractivity contribution in [3.8, 4) is 11.3 Å². The van der Waals surface area contributed by atoms with Gasteiger partial charge in [0.2, 0.25) is 5.91 Å². The van der Waals surface area contributed by atoms with Crippen LogP contribution in [-0.2, 0) is 14.3 Å². The number of rotatable bonds is 7.